The smallest absolute Gasteiger partial charge is 0.0362 e. The molecule has 0 aliphatic carbocycles. The van der Waals surface area contributed by atoms with Crippen LogP contribution in [0.2, 0.25) is 0 Å². The molecule has 2 heteroatoms. The Morgan fingerprint density at radius 1 is 1.05 bits per heavy atom. The van der Waals surface area contributed by atoms with Gasteiger partial charge in [-0.05, 0) is 74.5 Å². The third kappa shape index (κ3) is 4.15. The predicted octanol–water partition coefficient (Wildman–Crippen LogP) is 4.29. The van der Waals surface area contributed by atoms with Crippen molar-refractivity contribution in [2.45, 2.75) is 46.6 Å². The molecule has 0 aliphatic rings. The van der Waals surface area contributed by atoms with E-state index >= 15 is 0 Å². The van der Waals surface area contributed by atoms with Gasteiger partial charge in [0, 0.05) is 18.4 Å². The monoisotopic (exact) mass is 282 g/mol. The van der Waals surface area contributed by atoms with Gasteiger partial charge in [0.05, 0.1) is 0 Å². The molecule has 1 N–H and O–H groups in total. The Morgan fingerprint density at radius 3 is 2.24 bits per heavy atom. The number of hydrogen-bond donors (Lipinski definition) is 1. The zero-order chi connectivity index (χ0) is 15.2. The molecule has 1 atom stereocenters. The van der Waals surface area contributed by atoms with Crippen molar-refractivity contribution in [1.29, 1.82) is 0 Å². The Kier molecular flexibility index (Phi) is 5.51. The van der Waals surface area contributed by atoms with E-state index in [4.69, 9.17) is 0 Å². The molecule has 0 saturated carbocycles. The van der Waals surface area contributed by atoms with Gasteiger partial charge < -0.3 is 5.32 Å². The molecule has 112 valence electrons. The van der Waals surface area contributed by atoms with Gasteiger partial charge in [0.15, 0.2) is 0 Å². The average molecular weight is 282 g/mol. The van der Waals surface area contributed by atoms with Crippen molar-refractivity contribution in [3.63, 3.8) is 0 Å². The standard InChI is InChI=1S/C19H26N2/c1-5-8-21-19(17-6-9-20-10-7-17)13-18-15(3)11-14(2)12-16(18)4/h6-7,9-12,19,21H,5,8,13H2,1-4H3. The first kappa shape index (κ1) is 15.7. The van der Waals surface area contributed by atoms with Gasteiger partial charge in [-0.15, -0.1) is 0 Å². The first-order valence-corrected chi connectivity index (χ1v) is 7.81. The minimum atomic E-state index is 0.355. The molecular formula is C19H26N2. The maximum Gasteiger partial charge on any atom is 0.0362 e. The SMILES string of the molecule is CCCNC(Cc1c(C)cc(C)cc1C)c1ccncc1. The fourth-order valence-corrected chi connectivity index (χ4v) is 2.96. The molecule has 2 aromatic rings. The number of aromatic nitrogens is 1. The molecule has 0 fully saturated rings. The topological polar surface area (TPSA) is 24.9 Å². The van der Waals surface area contributed by atoms with E-state index in [2.05, 4.69) is 62.3 Å². The van der Waals surface area contributed by atoms with Gasteiger partial charge in [0.25, 0.3) is 0 Å². The highest BCUT2D eigenvalue weighted by Gasteiger charge is 2.14. The Hall–Kier alpha value is -1.67. The van der Waals surface area contributed by atoms with Crippen LogP contribution in [0.15, 0.2) is 36.7 Å². The molecule has 1 aromatic carbocycles. The first-order valence-electron chi connectivity index (χ1n) is 7.81. The van der Waals surface area contributed by atoms with Gasteiger partial charge in [-0.25, -0.2) is 0 Å². The van der Waals surface area contributed by atoms with Gasteiger partial charge in [-0.1, -0.05) is 24.6 Å². The number of aryl methyl sites for hydroxylation is 3. The van der Waals surface area contributed by atoms with E-state index in [0.29, 0.717) is 6.04 Å². The normalized spacial score (nSPS) is 12.4. The fraction of sp³-hybridized carbons (Fsp3) is 0.421. The summed E-state index contributed by atoms with van der Waals surface area (Å²) in [5.41, 5.74) is 6.91. The minimum absolute atomic E-state index is 0.355. The van der Waals surface area contributed by atoms with E-state index in [1.54, 1.807) is 0 Å². The molecule has 1 heterocycles. The molecule has 0 amide bonds. The van der Waals surface area contributed by atoms with Crippen LogP contribution in [0.5, 0.6) is 0 Å². The van der Waals surface area contributed by atoms with Crippen molar-refractivity contribution in [3.05, 3.63) is 64.5 Å². The van der Waals surface area contributed by atoms with Crippen LogP contribution in [-0.4, -0.2) is 11.5 Å². The number of nitrogens with one attached hydrogen (secondary N) is 1. The number of nitrogens with zero attached hydrogens (tertiary/aromatic N) is 1. The molecule has 0 radical (unpaired) electrons. The van der Waals surface area contributed by atoms with Crippen LogP contribution < -0.4 is 5.32 Å². The zero-order valence-electron chi connectivity index (χ0n) is 13.6. The fourth-order valence-electron chi connectivity index (χ4n) is 2.96. The van der Waals surface area contributed by atoms with Gasteiger partial charge in [-0.2, -0.15) is 0 Å². The van der Waals surface area contributed by atoms with Gasteiger partial charge in [0.1, 0.15) is 0 Å². The van der Waals surface area contributed by atoms with Crippen LogP contribution in [-0.2, 0) is 6.42 Å². The van der Waals surface area contributed by atoms with Crippen LogP contribution in [0.25, 0.3) is 0 Å². The maximum atomic E-state index is 4.13. The molecule has 0 spiro atoms. The summed E-state index contributed by atoms with van der Waals surface area (Å²) in [4.78, 5) is 4.13. The predicted molar refractivity (Wildman–Crippen MR) is 89.6 cm³/mol. The summed E-state index contributed by atoms with van der Waals surface area (Å²) in [6.45, 7) is 9.85. The molecule has 1 aromatic heterocycles. The van der Waals surface area contributed by atoms with Gasteiger partial charge in [-0.3, -0.25) is 4.98 Å². The first-order chi connectivity index (χ1) is 10.1. The van der Waals surface area contributed by atoms with Crippen LogP contribution >= 0.6 is 0 Å². The molecule has 0 saturated heterocycles. The lowest BCUT2D eigenvalue weighted by Crippen LogP contribution is -2.24. The second kappa shape index (κ2) is 7.37. The zero-order valence-corrected chi connectivity index (χ0v) is 13.6. The second-order valence-electron chi connectivity index (χ2n) is 5.87. The lowest BCUT2D eigenvalue weighted by molar-refractivity contribution is 0.527. The number of benzene rings is 1. The third-order valence-corrected chi connectivity index (χ3v) is 4.00. The highest BCUT2D eigenvalue weighted by atomic mass is 14.9. The Morgan fingerprint density at radius 2 is 1.67 bits per heavy atom. The lowest BCUT2D eigenvalue weighted by Gasteiger charge is -2.21. The molecule has 21 heavy (non-hydrogen) atoms. The largest absolute Gasteiger partial charge is 0.310 e. The van der Waals surface area contributed by atoms with E-state index in [9.17, 15) is 0 Å². The third-order valence-electron chi connectivity index (χ3n) is 4.00. The second-order valence-corrected chi connectivity index (χ2v) is 5.87. The van der Waals surface area contributed by atoms with Crippen LogP contribution in [0.4, 0.5) is 0 Å². The van der Waals surface area contributed by atoms with Crippen molar-refractivity contribution >= 4 is 0 Å². The van der Waals surface area contributed by atoms with E-state index in [0.717, 1.165) is 19.4 Å². The summed E-state index contributed by atoms with van der Waals surface area (Å²) < 4.78 is 0. The number of pyridine rings is 1. The maximum absolute atomic E-state index is 4.13. The number of hydrogen-bond acceptors (Lipinski definition) is 2. The van der Waals surface area contributed by atoms with Crippen LogP contribution in [0.1, 0.15) is 47.2 Å². The molecular weight excluding hydrogens is 256 g/mol. The van der Waals surface area contributed by atoms with Gasteiger partial charge in [0.2, 0.25) is 0 Å². The van der Waals surface area contributed by atoms with E-state index < -0.39 is 0 Å². The van der Waals surface area contributed by atoms with E-state index in [-0.39, 0.29) is 0 Å². The number of rotatable bonds is 6. The summed E-state index contributed by atoms with van der Waals surface area (Å²) in [6, 6.07) is 9.16. The summed E-state index contributed by atoms with van der Waals surface area (Å²) >= 11 is 0. The highest BCUT2D eigenvalue weighted by molar-refractivity contribution is 5.38. The molecule has 2 rings (SSSR count). The lowest BCUT2D eigenvalue weighted by atomic mass is 9.92. The van der Waals surface area contributed by atoms with Gasteiger partial charge >= 0.3 is 0 Å². The average Bonchev–Trinajstić information content (AvgIpc) is 2.46. The Bertz CT molecular complexity index is 552. The van der Waals surface area contributed by atoms with Crippen LogP contribution in [0, 0.1) is 20.8 Å². The summed E-state index contributed by atoms with van der Waals surface area (Å²) in [7, 11) is 0. The van der Waals surface area contributed by atoms with Crippen molar-refractivity contribution < 1.29 is 0 Å². The van der Waals surface area contributed by atoms with E-state index in [1.807, 2.05) is 12.4 Å². The quantitative estimate of drug-likeness (QED) is 0.855. The van der Waals surface area contributed by atoms with Crippen molar-refractivity contribution in [1.82, 2.24) is 10.3 Å². The van der Waals surface area contributed by atoms with Crippen molar-refractivity contribution in [3.8, 4) is 0 Å². The summed E-state index contributed by atoms with van der Waals surface area (Å²) in [6.07, 6.45) is 5.94. The molecule has 0 bridgehead atoms. The minimum Gasteiger partial charge on any atom is -0.310 e. The van der Waals surface area contributed by atoms with Crippen LogP contribution in [0.3, 0.4) is 0 Å². The summed E-state index contributed by atoms with van der Waals surface area (Å²) in [5.74, 6) is 0. The highest BCUT2D eigenvalue weighted by Crippen LogP contribution is 2.24. The Labute approximate surface area is 128 Å². The molecule has 1 unspecified atom stereocenters. The molecule has 0 aliphatic heterocycles. The Balaban J connectivity index is 2.27. The van der Waals surface area contributed by atoms with E-state index in [1.165, 1.54) is 27.8 Å². The molecule has 2 nitrogen and oxygen atoms in total. The summed E-state index contributed by atoms with van der Waals surface area (Å²) in [5, 5.41) is 3.68. The van der Waals surface area contributed by atoms with Crippen molar-refractivity contribution in [2.24, 2.45) is 0 Å². The van der Waals surface area contributed by atoms with Crippen molar-refractivity contribution in [2.75, 3.05) is 6.54 Å².